The maximum absolute atomic E-state index is 5.86. The minimum Gasteiger partial charge on any atom is -0.481 e. The number of ether oxygens (including phenoxy) is 1. The zero-order valence-corrected chi connectivity index (χ0v) is 20.4. The molecule has 1 aromatic heterocycles. The van der Waals surface area contributed by atoms with E-state index in [9.17, 15) is 0 Å². The van der Waals surface area contributed by atoms with Gasteiger partial charge in [-0.25, -0.2) is 4.98 Å². The van der Waals surface area contributed by atoms with Gasteiger partial charge in [-0.15, -0.1) is 0 Å². The molecule has 0 N–H and O–H groups in total. The summed E-state index contributed by atoms with van der Waals surface area (Å²) in [6.45, 7) is 0.998. The third kappa shape index (κ3) is 5.03. The largest absolute Gasteiger partial charge is 0.481 e. The van der Waals surface area contributed by atoms with Gasteiger partial charge in [0.25, 0.3) is 0 Å². The number of methoxy groups -OCH3 is 1. The second-order valence-corrected chi connectivity index (χ2v) is 9.34. The van der Waals surface area contributed by atoms with Gasteiger partial charge < -0.3 is 9.64 Å². The Kier molecular flexibility index (Phi) is 7.23. The van der Waals surface area contributed by atoms with Crippen LogP contribution in [0.2, 0.25) is 0 Å². The summed E-state index contributed by atoms with van der Waals surface area (Å²) in [6, 6.07) is 30.0. The van der Waals surface area contributed by atoms with Crippen molar-refractivity contribution in [2.75, 3.05) is 27.7 Å². The Morgan fingerprint density at radius 3 is 2.16 bits per heavy atom. The van der Waals surface area contributed by atoms with Crippen molar-refractivity contribution in [1.82, 2.24) is 9.88 Å². The second-order valence-electron chi connectivity index (χ2n) is 8.42. The first-order chi connectivity index (χ1) is 15.6. The second kappa shape index (κ2) is 10.3. The Labute approximate surface area is 199 Å². The first-order valence-corrected chi connectivity index (χ1v) is 11.7. The van der Waals surface area contributed by atoms with E-state index >= 15 is 0 Å². The Hall–Kier alpha value is -2.69. The maximum Gasteiger partial charge on any atom is 0.217 e. The molecule has 0 aliphatic heterocycles. The van der Waals surface area contributed by atoms with Crippen LogP contribution in [0, 0.1) is 0 Å². The first-order valence-electron chi connectivity index (χ1n) is 11.0. The quantitative estimate of drug-likeness (QED) is 0.270. The number of nitrogens with zero attached hydrogens (tertiary/aromatic N) is 2. The number of hydrogen-bond donors (Lipinski definition) is 0. The van der Waals surface area contributed by atoms with E-state index in [0.717, 1.165) is 33.9 Å². The lowest BCUT2D eigenvalue weighted by Gasteiger charge is -2.30. The maximum atomic E-state index is 5.86. The van der Waals surface area contributed by atoms with Crippen LogP contribution in [-0.4, -0.2) is 37.6 Å². The highest BCUT2D eigenvalue weighted by Crippen LogP contribution is 2.44. The van der Waals surface area contributed by atoms with Crippen molar-refractivity contribution >= 4 is 26.8 Å². The van der Waals surface area contributed by atoms with Crippen LogP contribution in [0.4, 0.5) is 0 Å². The molecule has 4 heteroatoms. The zero-order chi connectivity index (χ0) is 22.5. The third-order valence-corrected chi connectivity index (χ3v) is 6.47. The first kappa shape index (κ1) is 22.5. The molecule has 164 valence electrons. The van der Waals surface area contributed by atoms with Gasteiger partial charge in [-0.3, -0.25) is 0 Å². The molecule has 3 nitrogen and oxygen atoms in total. The van der Waals surface area contributed by atoms with Crippen LogP contribution in [0.15, 0.2) is 89.4 Å². The van der Waals surface area contributed by atoms with E-state index in [1.54, 1.807) is 7.11 Å². The van der Waals surface area contributed by atoms with E-state index in [1.165, 1.54) is 11.1 Å². The molecule has 0 radical (unpaired) electrons. The molecule has 0 aliphatic carbocycles. The number of benzene rings is 3. The molecule has 32 heavy (non-hydrogen) atoms. The molecular weight excluding hydrogens is 460 g/mol. The van der Waals surface area contributed by atoms with Crippen molar-refractivity contribution in [1.29, 1.82) is 0 Å². The van der Waals surface area contributed by atoms with Gasteiger partial charge in [0.15, 0.2) is 0 Å². The van der Waals surface area contributed by atoms with Crippen LogP contribution in [0.1, 0.15) is 34.9 Å². The molecular formula is C28H29BrN2O. The van der Waals surface area contributed by atoms with E-state index in [-0.39, 0.29) is 11.8 Å². The number of hydrogen-bond acceptors (Lipinski definition) is 3. The minimum atomic E-state index is 0.115. The summed E-state index contributed by atoms with van der Waals surface area (Å²) in [7, 11) is 5.99. The summed E-state index contributed by atoms with van der Waals surface area (Å²) in [6.07, 6.45) is 1.02. The van der Waals surface area contributed by atoms with Crippen LogP contribution >= 0.6 is 15.9 Å². The molecule has 0 fully saturated rings. The van der Waals surface area contributed by atoms with Crippen LogP contribution in [0.5, 0.6) is 5.88 Å². The smallest absolute Gasteiger partial charge is 0.217 e. The Morgan fingerprint density at radius 1 is 0.875 bits per heavy atom. The summed E-state index contributed by atoms with van der Waals surface area (Å²) >= 11 is 3.62. The van der Waals surface area contributed by atoms with Crippen molar-refractivity contribution in [3.8, 4) is 5.88 Å². The summed E-state index contributed by atoms with van der Waals surface area (Å²) in [5, 5.41) is 1.11. The van der Waals surface area contributed by atoms with Crippen LogP contribution < -0.4 is 4.74 Å². The van der Waals surface area contributed by atoms with Gasteiger partial charge in [0.05, 0.1) is 12.6 Å². The van der Waals surface area contributed by atoms with Gasteiger partial charge in [-0.2, -0.15) is 0 Å². The molecule has 0 saturated heterocycles. The zero-order valence-electron chi connectivity index (χ0n) is 18.8. The molecule has 0 saturated carbocycles. The molecule has 2 atom stereocenters. The fraction of sp³-hybridized carbons (Fsp3) is 0.250. The molecule has 4 rings (SSSR count). The lowest BCUT2D eigenvalue weighted by Crippen LogP contribution is -2.21. The van der Waals surface area contributed by atoms with E-state index in [2.05, 4.69) is 108 Å². The van der Waals surface area contributed by atoms with E-state index in [1.807, 2.05) is 12.1 Å². The summed E-state index contributed by atoms with van der Waals surface area (Å²) < 4.78 is 6.91. The fourth-order valence-corrected chi connectivity index (χ4v) is 4.82. The van der Waals surface area contributed by atoms with Crippen LogP contribution in [0.25, 0.3) is 10.9 Å². The van der Waals surface area contributed by atoms with Gasteiger partial charge in [0, 0.05) is 21.3 Å². The summed E-state index contributed by atoms with van der Waals surface area (Å²) in [5.74, 6) is 1.09. The number of pyridine rings is 1. The third-order valence-electron chi connectivity index (χ3n) is 5.97. The van der Waals surface area contributed by atoms with Crippen molar-refractivity contribution in [2.45, 2.75) is 18.3 Å². The Balaban J connectivity index is 1.94. The predicted molar refractivity (Wildman–Crippen MR) is 137 cm³/mol. The molecule has 0 spiro atoms. The predicted octanol–water partition coefficient (Wildman–Crippen LogP) is 6.87. The van der Waals surface area contributed by atoms with Crippen LogP contribution in [-0.2, 0) is 0 Å². The standard InChI is InChI=1S/C28H29BrN2O/c1-31(2)17-16-24(20-10-6-4-7-11-20)27(21-12-8-5-9-13-21)25-19-22-18-23(29)14-15-26(22)30-28(25)32-3/h4-15,18-19,24,27H,16-17H2,1-3H3. The lowest BCUT2D eigenvalue weighted by atomic mass is 9.75. The van der Waals surface area contributed by atoms with E-state index in [0.29, 0.717) is 5.88 Å². The van der Waals surface area contributed by atoms with E-state index < -0.39 is 0 Å². The average molecular weight is 489 g/mol. The highest BCUT2D eigenvalue weighted by atomic mass is 79.9. The highest BCUT2D eigenvalue weighted by Gasteiger charge is 2.30. The molecule has 2 unspecified atom stereocenters. The van der Waals surface area contributed by atoms with Crippen LogP contribution in [0.3, 0.4) is 0 Å². The molecule has 0 amide bonds. The number of rotatable bonds is 8. The van der Waals surface area contributed by atoms with Gasteiger partial charge in [-0.05, 0) is 68.4 Å². The monoisotopic (exact) mass is 488 g/mol. The number of aromatic nitrogens is 1. The lowest BCUT2D eigenvalue weighted by molar-refractivity contribution is 0.363. The van der Waals surface area contributed by atoms with E-state index in [4.69, 9.17) is 9.72 Å². The number of halogens is 1. The average Bonchev–Trinajstić information content (AvgIpc) is 2.82. The fourth-order valence-electron chi connectivity index (χ4n) is 4.44. The molecule has 0 aliphatic rings. The van der Waals surface area contributed by atoms with Crippen molar-refractivity contribution in [3.63, 3.8) is 0 Å². The molecule has 3 aromatic carbocycles. The molecule has 4 aromatic rings. The minimum absolute atomic E-state index is 0.115. The van der Waals surface area contributed by atoms with Crippen molar-refractivity contribution < 1.29 is 4.74 Å². The summed E-state index contributed by atoms with van der Waals surface area (Å²) in [5.41, 5.74) is 4.66. The SMILES string of the molecule is COc1nc2ccc(Br)cc2cc1C(c1ccccc1)C(CCN(C)C)c1ccccc1. The normalized spacial score (nSPS) is 13.3. The van der Waals surface area contributed by atoms with Gasteiger partial charge in [-0.1, -0.05) is 76.6 Å². The van der Waals surface area contributed by atoms with Crippen molar-refractivity contribution in [2.24, 2.45) is 0 Å². The van der Waals surface area contributed by atoms with Gasteiger partial charge in [0.1, 0.15) is 0 Å². The van der Waals surface area contributed by atoms with Crippen molar-refractivity contribution in [3.05, 3.63) is 106 Å². The Bertz CT molecular complexity index is 1160. The highest BCUT2D eigenvalue weighted by molar-refractivity contribution is 9.10. The van der Waals surface area contributed by atoms with Gasteiger partial charge >= 0.3 is 0 Å². The Morgan fingerprint density at radius 2 is 1.53 bits per heavy atom. The molecule has 0 bridgehead atoms. The van der Waals surface area contributed by atoms with Gasteiger partial charge in [0.2, 0.25) is 5.88 Å². The molecule has 1 heterocycles. The topological polar surface area (TPSA) is 25.4 Å². The summed E-state index contributed by atoms with van der Waals surface area (Å²) in [4.78, 5) is 7.15. The number of fused-ring (bicyclic) bond motifs is 1.